The third-order valence-electron chi connectivity index (χ3n) is 6.21. The van der Waals surface area contributed by atoms with E-state index in [1.807, 2.05) is 35.9 Å². The van der Waals surface area contributed by atoms with Gasteiger partial charge in [-0.25, -0.2) is 4.68 Å². The molecule has 0 atom stereocenters. The maximum Gasteiger partial charge on any atom is 0.252 e. The van der Waals surface area contributed by atoms with E-state index < -0.39 is 0 Å². The molecule has 0 aliphatic rings. The van der Waals surface area contributed by atoms with E-state index in [-0.39, 0.29) is 11.1 Å². The van der Waals surface area contributed by atoms with E-state index in [0.29, 0.717) is 25.2 Å². The number of aromatic nitrogens is 5. The lowest BCUT2D eigenvalue weighted by Crippen LogP contribution is -2.32. The van der Waals surface area contributed by atoms with Gasteiger partial charge in [-0.3, -0.25) is 9.69 Å². The number of rotatable bonds is 8. The van der Waals surface area contributed by atoms with E-state index in [1.165, 1.54) is 0 Å². The molecule has 1 aromatic carbocycles. The molecule has 0 fully saturated rings. The van der Waals surface area contributed by atoms with E-state index in [9.17, 15) is 4.79 Å². The van der Waals surface area contributed by atoms with E-state index in [1.54, 1.807) is 6.26 Å². The summed E-state index contributed by atoms with van der Waals surface area (Å²) in [6, 6.07) is 9.93. The van der Waals surface area contributed by atoms with Crippen LogP contribution >= 0.6 is 0 Å². The van der Waals surface area contributed by atoms with Crippen LogP contribution in [0, 0.1) is 13.8 Å². The van der Waals surface area contributed by atoms with Crippen molar-refractivity contribution in [1.29, 1.82) is 0 Å². The molecule has 4 rings (SSSR count). The molecule has 0 saturated heterocycles. The number of pyridine rings is 1. The fourth-order valence-corrected chi connectivity index (χ4v) is 3.89. The summed E-state index contributed by atoms with van der Waals surface area (Å²) in [4.78, 5) is 18.2. The van der Waals surface area contributed by atoms with Gasteiger partial charge in [-0.05, 0) is 73.9 Å². The van der Waals surface area contributed by atoms with E-state index in [2.05, 4.69) is 59.2 Å². The fraction of sp³-hybridized carbons (Fsp3) is 0.417. The lowest BCUT2D eigenvalue weighted by atomic mass is 10.0. The van der Waals surface area contributed by atoms with Gasteiger partial charge >= 0.3 is 0 Å². The Bertz CT molecular complexity index is 1270. The summed E-state index contributed by atoms with van der Waals surface area (Å²) in [5.74, 6) is 1.58. The van der Waals surface area contributed by atoms with E-state index in [0.717, 1.165) is 40.0 Å². The molecular formula is C24H30N6O2. The molecule has 0 radical (unpaired) electrons. The SMILES string of the molecule is CCC(C)(C)n1nnnc1CN(Cc1ccco1)Cc1cc2c(C)ccc(C)c2[nH]c1=O. The van der Waals surface area contributed by atoms with Gasteiger partial charge in [0.25, 0.3) is 5.56 Å². The molecular weight excluding hydrogens is 404 g/mol. The Hall–Kier alpha value is -3.26. The molecule has 3 heterocycles. The Morgan fingerprint density at radius 2 is 1.91 bits per heavy atom. The van der Waals surface area contributed by atoms with E-state index >= 15 is 0 Å². The van der Waals surface area contributed by atoms with Gasteiger partial charge in [0.1, 0.15) is 5.76 Å². The van der Waals surface area contributed by atoms with E-state index in [4.69, 9.17) is 4.42 Å². The van der Waals surface area contributed by atoms with Crippen LogP contribution in [-0.2, 0) is 25.2 Å². The quantitative estimate of drug-likeness (QED) is 0.449. The minimum absolute atomic E-state index is 0.0795. The summed E-state index contributed by atoms with van der Waals surface area (Å²) < 4.78 is 7.46. The van der Waals surface area contributed by atoms with Crippen LogP contribution in [0.4, 0.5) is 0 Å². The molecule has 0 aliphatic heterocycles. The third kappa shape index (κ3) is 4.36. The van der Waals surface area contributed by atoms with Crippen LogP contribution in [0.5, 0.6) is 0 Å². The normalized spacial score (nSPS) is 12.2. The molecule has 32 heavy (non-hydrogen) atoms. The Morgan fingerprint density at radius 1 is 1.12 bits per heavy atom. The summed E-state index contributed by atoms with van der Waals surface area (Å²) in [6.07, 6.45) is 2.55. The van der Waals surface area contributed by atoms with Crippen LogP contribution in [0.3, 0.4) is 0 Å². The predicted molar refractivity (Wildman–Crippen MR) is 123 cm³/mol. The lowest BCUT2D eigenvalue weighted by molar-refractivity contribution is 0.203. The molecule has 0 saturated carbocycles. The predicted octanol–water partition coefficient (Wildman–Crippen LogP) is 4.07. The highest BCUT2D eigenvalue weighted by Crippen LogP contribution is 2.23. The minimum atomic E-state index is -0.204. The van der Waals surface area contributed by atoms with Gasteiger partial charge in [-0.1, -0.05) is 19.1 Å². The van der Waals surface area contributed by atoms with Crippen LogP contribution in [0.25, 0.3) is 10.9 Å². The molecule has 0 amide bonds. The lowest BCUT2D eigenvalue weighted by Gasteiger charge is -2.26. The van der Waals surface area contributed by atoms with Gasteiger partial charge < -0.3 is 9.40 Å². The third-order valence-corrected chi connectivity index (χ3v) is 6.21. The van der Waals surface area contributed by atoms with Crippen molar-refractivity contribution >= 4 is 10.9 Å². The molecule has 168 valence electrons. The number of H-pyrrole nitrogens is 1. The van der Waals surface area contributed by atoms with Gasteiger partial charge in [0.15, 0.2) is 5.82 Å². The number of hydrogen-bond donors (Lipinski definition) is 1. The van der Waals surface area contributed by atoms with Crippen LogP contribution in [0.15, 0.2) is 45.8 Å². The van der Waals surface area contributed by atoms with Crippen molar-refractivity contribution in [3.8, 4) is 0 Å². The van der Waals surface area contributed by atoms with Crippen LogP contribution < -0.4 is 5.56 Å². The zero-order valence-electron chi connectivity index (χ0n) is 19.3. The summed E-state index contributed by atoms with van der Waals surface area (Å²) in [5.41, 5.74) is 3.50. The fourth-order valence-electron chi connectivity index (χ4n) is 3.89. The number of aryl methyl sites for hydroxylation is 2. The summed E-state index contributed by atoms with van der Waals surface area (Å²) in [6.45, 7) is 11.9. The number of tetrazole rings is 1. The first kappa shape index (κ1) is 22.0. The minimum Gasteiger partial charge on any atom is -0.468 e. The topological polar surface area (TPSA) is 92.8 Å². The second-order valence-corrected chi connectivity index (χ2v) is 9.01. The highest BCUT2D eigenvalue weighted by atomic mass is 16.3. The summed E-state index contributed by atoms with van der Waals surface area (Å²) >= 11 is 0. The largest absolute Gasteiger partial charge is 0.468 e. The van der Waals surface area contributed by atoms with Crippen molar-refractivity contribution in [3.63, 3.8) is 0 Å². The van der Waals surface area contributed by atoms with Gasteiger partial charge in [-0.2, -0.15) is 0 Å². The van der Waals surface area contributed by atoms with Crippen molar-refractivity contribution in [2.75, 3.05) is 0 Å². The molecule has 0 spiro atoms. The first-order chi connectivity index (χ1) is 15.3. The number of fused-ring (bicyclic) bond motifs is 1. The molecule has 8 heteroatoms. The van der Waals surface area contributed by atoms with Crippen molar-refractivity contribution in [2.45, 2.75) is 66.2 Å². The van der Waals surface area contributed by atoms with Crippen molar-refractivity contribution in [3.05, 3.63) is 75.2 Å². The Labute approximate surface area is 187 Å². The maximum atomic E-state index is 13.0. The second-order valence-electron chi connectivity index (χ2n) is 9.01. The number of aromatic amines is 1. The standard InChI is InChI=1S/C24H30N6O2/c1-6-24(4,5)30-21(26-27-28-30)15-29(14-19-8-7-11-32-19)13-18-12-20-16(2)9-10-17(3)22(20)25-23(18)31/h7-12H,6,13-15H2,1-5H3,(H,25,31). The molecule has 3 aromatic heterocycles. The summed E-state index contributed by atoms with van der Waals surface area (Å²) in [5, 5.41) is 13.5. The van der Waals surface area contributed by atoms with Crippen molar-refractivity contribution in [2.24, 2.45) is 0 Å². The number of nitrogens with zero attached hydrogens (tertiary/aromatic N) is 5. The average Bonchev–Trinajstić information content (AvgIpc) is 3.44. The first-order valence-corrected chi connectivity index (χ1v) is 10.9. The monoisotopic (exact) mass is 434 g/mol. The number of furan rings is 1. The maximum absolute atomic E-state index is 13.0. The average molecular weight is 435 g/mol. The molecule has 0 unspecified atom stereocenters. The zero-order valence-corrected chi connectivity index (χ0v) is 19.3. The molecule has 4 aromatic rings. The summed E-state index contributed by atoms with van der Waals surface area (Å²) in [7, 11) is 0. The van der Waals surface area contributed by atoms with Gasteiger partial charge in [0, 0.05) is 17.5 Å². The van der Waals surface area contributed by atoms with Crippen molar-refractivity contribution in [1.82, 2.24) is 30.1 Å². The number of nitrogens with one attached hydrogen (secondary N) is 1. The Kier molecular flexibility index (Phi) is 5.97. The Morgan fingerprint density at radius 3 is 2.62 bits per heavy atom. The van der Waals surface area contributed by atoms with Crippen molar-refractivity contribution < 1.29 is 4.42 Å². The highest BCUT2D eigenvalue weighted by Gasteiger charge is 2.25. The molecule has 1 N–H and O–H groups in total. The first-order valence-electron chi connectivity index (χ1n) is 10.9. The molecule has 0 aliphatic carbocycles. The van der Waals surface area contributed by atoms with Crippen LogP contribution in [-0.4, -0.2) is 30.1 Å². The highest BCUT2D eigenvalue weighted by molar-refractivity contribution is 5.85. The van der Waals surface area contributed by atoms with Gasteiger partial charge in [0.05, 0.1) is 30.4 Å². The molecule has 0 bridgehead atoms. The smallest absolute Gasteiger partial charge is 0.252 e. The molecule has 8 nitrogen and oxygen atoms in total. The van der Waals surface area contributed by atoms with Crippen LogP contribution in [0.1, 0.15) is 55.5 Å². The van der Waals surface area contributed by atoms with Gasteiger partial charge in [-0.15, -0.1) is 5.10 Å². The zero-order chi connectivity index (χ0) is 22.9. The van der Waals surface area contributed by atoms with Gasteiger partial charge in [0.2, 0.25) is 0 Å². The number of hydrogen-bond acceptors (Lipinski definition) is 6. The Balaban J connectivity index is 1.70. The van der Waals surface area contributed by atoms with Crippen LogP contribution in [0.2, 0.25) is 0 Å². The second kappa shape index (κ2) is 8.70. The number of benzene rings is 1.